The highest BCUT2D eigenvalue weighted by Gasteiger charge is 2.38. The van der Waals surface area contributed by atoms with Crippen LogP contribution in [0, 0.1) is 17.2 Å². The first-order valence-electron chi connectivity index (χ1n) is 10.2. The van der Waals surface area contributed by atoms with Crippen molar-refractivity contribution >= 4 is 5.69 Å². The number of hydrogen-bond acceptors (Lipinski definition) is 4. The normalized spacial score (nSPS) is 21.1. The highest BCUT2D eigenvalue weighted by atomic mass is 16.5. The average molecular weight is 394 g/mol. The third-order valence-corrected chi connectivity index (χ3v) is 5.86. The molecule has 1 N–H and O–H groups in total. The molecule has 4 heteroatoms. The van der Waals surface area contributed by atoms with E-state index >= 15 is 0 Å². The van der Waals surface area contributed by atoms with Gasteiger partial charge in [-0.25, -0.2) is 0 Å². The number of nitrogens with zero attached hydrogens (tertiary/aromatic N) is 1. The Bertz CT molecular complexity index is 1100. The average Bonchev–Trinajstić information content (AvgIpc) is 3.29. The number of benzene rings is 3. The van der Waals surface area contributed by atoms with Gasteiger partial charge >= 0.3 is 0 Å². The second-order valence-electron chi connectivity index (χ2n) is 7.66. The maximum Gasteiger partial charge on any atom is 0.174 e. The molecule has 3 atom stereocenters. The maximum atomic E-state index is 8.68. The summed E-state index contributed by atoms with van der Waals surface area (Å²) in [4.78, 5) is 0. The van der Waals surface area contributed by atoms with Gasteiger partial charge in [-0.05, 0) is 65.9 Å². The molecule has 1 heterocycles. The van der Waals surface area contributed by atoms with Crippen molar-refractivity contribution in [2.45, 2.75) is 18.4 Å². The summed E-state index contributed by atoms with van der Waals surface area (Å²) in [5, 5.41) is 12.4. The minimum Gasteiger partial charge on any atom is -0.479 e. The third kappa shape index (κ3) is 3.51. The Morgan fingerprint density at radius 2 is 1.73 bits per heavy atom. The molecule has 1 aliphatic carbocycles. The monoisotopic (exact) mass is 394 g/mol. The van der Waals surface area contributed by atoms with Gasteiger partial charge in [-0.1, -0.05) is 42.5 Å². The van der Waals surface area contributed by atoms with Crippen LogP contribution in [-0.4, -0.2) is 6.61 Å². The van der Waals surface area contributed by atoms with Crippen molar-refractivity contribution in [2.75, 3.05) is 11.9 Å². The van der Waals surface area contributed by atoms with Crippen LogP contribution in [0.3, 0.4) is 0 Å². The number of fused-ring (bicyclic) bond motifs is 3. The first kappa shape index (κ1) is 18.3. The second-order valence-corrected chi connectivity index (χ2v) is 7.66. The number of nitriles is 1. The maximum absolute atomic E-state index is 8.68. The molecule has 1 aliphatic heterocycles. The molecule has 0 radical (unpaired) electrons. The number of para-hydroxylation sites is 1. The smallest absolute Gasteiger partial charge is 0.174 e. The zero-order chi connectivity index (χ0) is 20.3. The Hall–Kier alpha value is -3.71. The van der Waals surface area contributed by atoms with E-state index in [1.807, 2.05) is 54.6 Å². The van der Waals surface area contributed by atoms with Crippen molar-refractivity contribution in [3.8, 4) is 23.3 Å². The topological polar surface area (TPSA) is 54.3 Å². The summed E-state index contributed by atoms with van der Waals surface area (Å²) in [5.74, 6) is 3.24. The largest absolute Gasteiger partial charge is 0.479 e. The highest BCUT2D eigenvalue weighted by Crippen LogP contribution is 2.50. The minimum absolute atomic E-state index is 0.0659. The first-order valence-corrected chi connectivity index (χ1v) is 10.2. The van der Waals surface area contributed by atoms with Crippen molar-refractivity contribution < 1.29 is 9.47 Å². The predicted molar refractivity (Wildman–Crippen MR) is 117 cm³/mol. The standard InChI is InChI=1S/C26H22N2O2/c27-15-16-29-19-11-9-18(10-12-19)26-23-8-4-7-22(23)24-17-21(13-14-25(24)28-26)30-20-5-2-1-3-6-20/h1-7,9-14,17,22-23,26,28H,8,16H2/t22-,23+,26+/m1/s1. The molecule has 0 fully saturated rings. The molecule has 3 aromatic carbocycles. The van der Waals surface area contributed by atoms with E-state index in [4.69, 9.17) is 14.7 Å². The van der Waals surface area contributed by atoms with E-state index in [9.17, 15) is 0 Å². The fraction of sp³-hybridized carbons (Fsp3) is 0.192. The summed E-state index contributed by atoms with van der Waals surface area (Å²) >= 11 is 0. The van der Waals surface area contributed by atoms with Crippen LogP contribution in [0.15, 0.2) is 84.9 Å². The summed E-state index contributed by atoms with van der Waals surface area (Å²) in [6.07, 6.45) is 5.65. The molecule has 0 aromatic heterocycles. The van der Waals surface area contributed by atoms with Gasteiger partial charge < -0.3 is 14.8 Å². The number of anilines is 1. The molecule has 0 amide bonds. The Balaban J connectivity index is 1.41. The van der Waals surface area contributed by atoms with E-state index in [0.29, 0.717) is 11.8 Å². The van der Waals surface area contributed by atoms with Crippen LogP contribution in [0.5, 0.6) is 17.2 Å². The molecular weight excluding hydrogens is 372 g/mol. The van der Waals surface area contributed by atoms with Crippen molar-refractivity contribution in [1.82, 2.24) is 0 Å². The van der Waals surface area contributed by atoms with Gasteiger partial charge in [-0.3, -0.25) is 0 Å². The first-order chi connectivity index (χ1) is 14.8. The molecule has 3 aromatic rings. The number of hydrogen-bond donors (Lipinski definition) is 1. The molecule has 5 rings (SSSR count). The lowest BCUT2D eigenvalue weighted by molar-refractivity contribution is 0.367. The van der Waals surface area contributed by atoms with E-state index < -0.39 is 0 Å². The Kier molecular flexibility index (Phi) is 4.86. The molecule has 30 heavy (non-hydrogen) atoms. The van der Waals surface area contributed by atoms with E-state index in [1.54, 1.807) is 0 Å². The minimum atomic E-state index is 0.0659. The summed E-state index contributed by atoms with van der Waals surface area (Å²) in [5.41, 5.74) is 3.67. The molecule has 0 spiro atoms. The molecular formula is C26H22N2O2. The van der Waals surface area contributed by atoms with Crippen LogP contribution in [0.2, 0.25) is 0 Å². The lowest BCUT2D eigenvalue weighted by atomic mass is 9.77. The highest BCUT2D eigenvalue weighted by molar-refractivity contribution is 5.62. The van der Waals surface area contributed by atoms with Gasteiger partial charge in [0, 0.05) is 11.6 Å². The fourth-order valence-electron chi connectivity index (χ4n) is 4.48. The third-order valence-electron chi connectivity index (χ3n) is 5.86. The number of ether oxygens (including phenoxy) is 2. The van der Waals surface area contributed by atoms with E-state index in [2.05, 4.69) is 41.7 Å². The predicted octanol–water partition coefficient (Wildman–Crippen LogP) is 6.21. The van der Waals surface area contributed by atoms with Gasteiger partial charge in [-0.15, -0.1) is 0 Å². The molecule has 0 unspecified atom stereocenters. The quantitative estimate of drug-likeness (QED) is 0.523. The zero-order valence-corrected chi connectivity index (χ0v) is 16.5. The van der Waals surface area contributed by atoms with Gasteiger partial charge in [-0.2, -0.15) is 5.26 Å². The Labute approximate surface area is 176 Å². The van der Waals surface area contributed by atoms with Crippen molar-refractivity contribution in [2.24, 2.45) is 5.92 Å². The van der Waals surface area contributed by atoms with Crippen LogP contribution >= 0.6 is 0 Å². The number of allylic oxidation sites excluding steroid dienone is 2. The number of nitrogens with one attached hydrogen (secondary N) is 1. The van der Waals surface area contributed by atoms with Crippen LogP contribution in [0.4, 0.5) is 5.69 Å². The second kappa shape index (κ2) is 7.96. The molecule has 148 valence electrons. The van der Waals surface area contributed by atoms with Gasteiger partial charge in [0.25, 0.3) is 0 Å². The van der Waals surface area contributed by atoms with Crippen LogP contribution in [0.1, 0.15) is 29.5 Å². The summed E-state index contributed by atoms with van der Waals surface area (Å²) in [6, 6.07) is 26.5. The molecule has 0 saturated carbocycles. The summed E-state index contributed by atoms with van der Waals surface area (Å²) < 4.78 is 11.5. The van der Waals surface area contributed by atoms with Gasteiger partial charge in [0.1, 0.15) is 23.3 Å². The van der Waals surface area contributed by atoms with Crippen molar-refractivity contribution in [1.29, 1.82) is 5.26 Å². The Morgan fingerprint density at radius 1 is 0.933 bits per heavy atom. The van der Waals surface area contributed by atoms with Crippen LogP contribution < -0.4 is 14.8 Å². The van der Waals surface area contributed by atoms with Gasteiger partial charge in [0.2, 0.25) is 0 Å². The molecule has 0 bridgehead atoms. The van der Waals surface area contributed by atoms with Crippen LogP contribution in [0.25, 0.3) is 0 Å². The zero-order valence-electron chi connectivity index (χ0n) is 16.5. The van der Waals surface area contributed by atoms with Crippen molar-refractivity contribution in [3.63, 3.8) is 0 Å². The molecule has 4 nitrogen and oxygen atoms in total. The van der Waals surface area contributed by atoms with E-state index in [0.717, 1.165) is 29.4 Å². The van der Waals surface area contributed by atoms with Crippen molar-refractivity contribution in [3.05, 3.63) is 96.1 Å². The van der Waals surface area contributed by atoms with Gasteiger partial charge in [0.15, 0.2) is 6.61 Å². The van der Waals surface area contributed by atoms with E-state index in [-0.39, 0.29) is 12.6 Å². The van der Waals surface area contributed by atoms with Gasteiger partial charge in [0.05, 0.1) is 6.04 Å². The lowest BCUT2D eigenvalue weighted by Gasteiger charge is -2.37. The SMILES string of the molecule is N#CCOc1ccc([C@@H]2Nc3ccc(Oc4ccccc4)cc3[C@@H]3C=CC[C@@H]32)cc1. The summed E-state index contributed by atoms with van der Waals surface area (Å²) in [7, 11) is 0. The summed E-state index contributed by atoms with van der Waals surface area (Å²) in [6.45, 7) is 0.0659. The lowest BCUT2D eigenvalue weighted by Crippen LogP contribution is -2.29. The fourth-order valence-corrected chi connectivity index (χ4v) is 4.48. The Morgan fingerprint density at radius 3 is 2.53 bits per heavy atom. The van der Waals surface area contributed by atoms with Crippen LogP contribution in [-0.2, 0) is 0 Å². The molecule has 2 aliphatic rings. The van der Waals surface area contributed by atoms with E-state index in [1.165, 1.54) is 11.1 Å². The number of rotatable bonds is 5. The molecule has 0 saturated heterocycles.